The number of hydrogen-bond acceptors (Lipinski definition) is 0. The van der Waals surface area contributed by atoms with Gasteiger partial charge in [-0.05, 0) is 0 Å². The van der Waals surface area contributed by atoms with Gasteiger partial charge in [0.1, 0.15) is 0 Å². The molecule has 7 heteroatoms. The molecule has 0 amide bonds. The molecule has 0 fully saturated rings. The van der Waals surface area contributed by atoms with Gasteiger partial charge in [0.05, 0.1) is 0 Å². The molecule has 0 nitrogen and oxygen atoms in total. The number of rotatable bonds is 0. The van der Waals surface area contributed by atoms with Crippen molar-refractivity contribution in [3.63, 3.8) is 0 Å². The van der Waals surface area contributed by atoms with Gasteiger partial charge in [-0.2, -0.15) is 6.92 Å². The van der Waals surface area contributed by atoms with Crippen molar-refractivity contribution in [3.8, 4) is 0 Å². The Morgan fingerprint density at radius 2 is 0.429 bits per heavy atom. The summed E-state index contributed by atoms with van der Waals surface area (Å²) < 4.78 is 0. The first kappa shape index (κ1) is 98.7. The average Bonchev–Trinajstić information content (AvgIpc) is 1.50. The normalized spacial score (nSPS) is 0.857. The maximum Gasteiger partial charge on any atom is 0 e. The first-order valence-electron chi connectivity index (χ1n) is 1.71. The minimum Gasteiger partial charge on any atom is -0.358 e. The SMILES string of the molecule is CC.[CH2-]C.[CH3-].[CH3-].[CH3-].[Y].[Y].[Y].[Y].[Y].[Y].[Y]. The molecule has 0 heterocycles. The van der Waals surface area contributed by atoms with Crippen LogP contribution in [0, 0.1) is 29.2 Å². The van der Waals surface area contributed by atoms with Gasteiger partial charge in [0.2, 0.25) is 0 Å². The standard InChI is InChI=1S/C2H6.C2H5.3CH3.7Y/c2*1-2;;;;;;;;;;/h1-2H3;1H2,2H3;3*1H3;;;;;;;/q;4*-1;;;;;;;. The van der Waals surface area contributed by atoms with Crippen LogP contribution in [0.2, 0.25) is 0 Å². The molecule has 0 unspecified atom stereocenters. The van der Waals surface area contributed by atoms with Gasteiger partial charge in [0.15, 0.2) is 0 Å². The zero-order valence-electron chi connectivity index (χ0n) is 10.7. The topological polar surface area (TPSA) is 0 Å². The summed E-state index contributed by atoms with van der Waals surface area (Å²) in [6.07, 6.45) is 0. The fraction of sp³-hybridized carbons (Fsp3) is 0.429. The molecule has 0 aromatic rings. The van der Waals surface area contributed by atoms with Crippen LogP contribution in [0.15, 0.2) is 0 Å². The van der Waals surface area contributed by atoms with Crippen LogP contribution >= 0.6 is 0 Å². The van der Waals surface area contributed by atoms with Crippen molar-refractivity contribution in [2.45, 2.75) is 20.8 Å². The van der Waals surface area contributed by atoms with E-state index in [0.717, 1.165) is 0 Å². The largest absolute Gasteiger partial charge is 0.358 e. The van der Waals surface area contributed by atoms with Crippen LogP contribution in [0.4, 0.5) is 0 Å². The van der Waals surface area contributed by atoms with Crippen LogP contribution in [-0.4, -0.2) is 0 Å². The van der Waals surface area contributed by atoms with E-state index in [4.69, 9.17) is 0 Å². The van der Waals surface area contributed by atoms with Crippen molar-refractivity contribution in [2.24, 2.45) is 0 Å². The van der Waals surface area contributed by atoms with Crippen LogP contribution in [-0.2, 0) is 229 Å². The second-order valence-electron chi connectivity index (χ2n) is 0. The van der Waals surface area contributed by atoms with Gasteiger partial charge in [-0.25, -0.2) is 0 Å². The molecular weight excluding hydrogens is 706 g/mol. The molecule has 73 valence electrons. The first-order valence-corrected chi connectivity index (χ1v) is 1.71. The van der Waals surface area contributed by atoms with E-state index in [0.29, 0.717) is 0 Å². The van der Waals surface area contributed by atoms with Crippen LogP contribution in [0.1, 0.15) is 20.8 Å². The summed E-state index contributed by atoms with van der Waals surface area (Å²) in [7, 11) is 0. The summed E-state index contributed by atoms with van der Waals surface area (Å²) in [5, 5.41) is 0. The van der Waals surface area contributed by atoms with Gasteiger partial charge in [0, 0.05) is 229 Å². The van der Waals surface area contributed by atoms with Crippen molar-refractivity contribution in [1.82, 2.24) is 0 Å². The van der Waals surface area contributed by atoms with Gasteiger partial charge in [0.25, 0.3) is 0 Å². The zero-order chi connectivity index (χ0) is 4.00. The van der Waals surface area contributed by atoms with Crippen LogP contribution in [0.5, 0.6) is 0 Å². The van der Waals surface area contributed by atoms with E-state index in [1.165, 1.54) is 0 Å². The Balaban J connectivity index is -0.000000000333. The third kappa shape index (κ3) is 116. The molecule has 0 bridgehead atoms. The van der Waals surface area contributed by atoms with E-state index < -0.39 is 0 Å². The minimum absolute atomic E-state index is 0. The molecule has 0 saturated carbocycles. The first-order chi connectivity index (χ1) is 2.00. The average molecular weight is 727 g/mol. The molecule has 0 N–H and O–H groups in total. The van der Waals surface area contributed by atoms with Crippen LogP contribution in [0.25, 0.3) is 0 Å². The van der Waals surface area contributed by atoms with E-state index in [2.05, 4.69) is 6.92 Å². The van der Waals surface area contributed by atoms with Gasteiger partial charge in [-0.3, -0.25) is 0 Å². The number of hydrogen-bond donors (Lipinski definition) is 0. The third-order valence-corrected chi connectivity index (χ3v) is 0. The Hall–Kier alpha value is 7.73. The maximum absolute atomic E-state index is 3.25. The molecule has 7 radical (unpaired) electrons. The predicted octanol–water partition coefficient (Wildman–Crippen LogP) is 3.20. The second-order valence-corrected chi connectivity index (χ2v) is 0. The molecule has 0 aliphatic carbocycles. The van der Waals surface area contributed by atoms with E-state index in [-0.39, 0.29) is 251 Å². The monoisotopic (exact) mass is 726 g/mol. The van der Waals surface area contributed by atoms with Gasteiger partial charge in [-0.1, -0.05) is 13.8 Å². The summed E-state index contributed by atoms with van der Waals surface area (Å²) in [4.78, 5) is 0. The Morgan fingerprint density at radius 1 is 0.429 bits per heavy atom. The fourth-order valence-corrected chi connectivity index (χ4v) is 0. The van der Waals surface area contributed by atoms with Gasteiger partial charge in [-0.15, -0.1) is 0 Å². The smallest absolute Gasteiger partial charge is 0 e. The molecule has 0 aromatic heterocycles. The van der Waals surface area contributed by atoms with E-state index in [9.17, 15) is 0 Å². The van der Waals surface area contributed by atoms with Crippen molar-refractivity contribution in [3.05, 3.63) is 29.2 Å². The molecule has 0 spiro atoms. The predicted molar refractivity (Wildman–Crippen MR) is 41.6 cm³/mol. The van der Waals surface area contributed by atoms with Crippen LogP contribution in [0.3, 0.4) is 0 Å². The maximum atomic E-state index is 3.25. The minimum atomic E-state index is 0. The summed E-state index contributed by atoms with van der Waals surface area (Å²) in [6, 6.07) is 0. The van der Waals surface area contributed by atoms with E-state index in [1.807, 2.05) is 13.8 Å². The Labute approximate surface area is 271 Å². The Bertz CT molecular complexity index is 14.0. The summed E-state index contributed by atoms with van der Waals surface area (Å²) in [5.74, 6) is 0. The molecule has 0 saturated heterocycles. The van der Waals surface area contributed by atoms with Crippen LogP contribution < -0.4 is 0 Å². The molecule has 14 heavy (non-hydrogen) atoms. The molecule has 0 aliphatic rings. The van der Waals surface area contributed by atoms with Crippen molar-refractivity contribution >= 4 is 0 Å². The van der Waals surface area contributed by atoms with E-state index >= 15 is 0 Å². The second kappa shape index (κ2) is 135. The van der Waals surface area contributed by atoms with Crippen molar-refractivity contribution < 1.29 is 229 Å². The molecule has 0 atom stereocenters. The summed E-state index contributed by atoms with van der Waals surface area (Å²) >= 11 is 0. The van der Waals surface area contributed by atoms with Gasteiger partial charge < -0.3 is 29.2 Å². The molecule has 0 aromatic carbocycles. The van der Waals surface area contributed by atoms with Gasteiger partial charge >= 0.3 is 0 Å². The fourth-order valence-electron chi connectivity index (χ4n) is 0. The van der Waals surface area contributed by atoms with Crippen molar-refractivity contribution in [1.29, 1.82) is 0 Å². The van der Waals surface area contributed by atoms with E-state index in [1.54, 1.807) is 6.92 Å². The quantitative estimate of drug-likeness (QED) is 0.337. The summed E-state index contributed by atoms with van der Waals surface area (Å²) in [6.45, 7) is 9.00. The third-order valence-electron chi connectivity index (χ3n) is 0. The molecule has 0 rings (SSSR count). The Morgan fingerprint density at radius 3 is 0.429 bits per heavy atom. The van der Waals surface area contributed by atoms with Crippen molar-refractivity contribution in [2.75, 3.05) is 0 Å². The molecule has 0 aliphatic heterocycles. The summed E-state index contributed by atoms with van der Waals surface area (Å²) in [5.41, 5.74) is 0. The molecular formula is C7H20Y7-4. The Kier molecular flexibility index (Phi) is 952. The zero-order valence-corrected chi connectivity index (χ0v) is 30.6.